The van der Waals surface area contributed by atoms with Crippen LogP contribution in [0.5, 0.6) is 0 Å². The molecule has 0 aromatic carbocycles. The highest BCUT2D eigenvalue weighted by molar-refractivity contribution is 4.53. The lowest BCUT2D eigenvalue weighted by atomic mass is 10.2. The van der Waals surface area contributed by atoms with E-state index in [4.69, 9.17) is 5.73 Å². The highest BCUT2D eigenvalue weighted by Gasteiger charge is 1.93. The van der Waals surface area contributed by atoms with E-state index in [0.717, 1.165) is 13.0 Å². The summed E-state index contributed by atoms with van der Waals surface area (Å²) in [5.41, 5.74) is 5.56. The summed E-state index contributed by atoms with van der Waals surface area (Å²) in [5, 5.41) is 0. The number of nitrogens with two attached hydrogens (primary N) is 1. The molecular formula is C7H18N2. The average molecular weight is 130 g/mol. The summed E-state index contributed by atoms with van der Waals surface area (Å²) in [7, 11) is 4.17. The molecule has 0 saturated carbocycles. The molecule has 1 atom stereocenters. The maximum Gasteiger partial charge on any atom is 0.00109 e. The Morgan fingerprint density at radius 2 is 2.00 bits per heavy atom. The van der Waals surface area contributed by atoms with Gasteiger partial charge in [0.15, 0.2) is 0 Å². The van der Waals surface area contributed by atoms with Gasteiger partial charge in [-0.25, -0.2) is 0 Å². The van der Waals surface area contributed by atoms with E-state index in [2.05, 4.69) is 25.9 Å². The van der Waals surface area contributed by atoms with Gasteiger partial charge >= 0.3 is 0 Å². The summed E-state index contributed by atoms with van der Waals surface area (Å²) in [4.78, 5) is 2.18. The van der Waals surface area contributed by atoms with E-state index in [-0.39, 0.29) is 0 Å². The molecule has 0 aliphatic heterocycles. The largest absolute Gasteiger partial charge is 0.328 e. The molecule has 0 radical (unpaired) electrons. The Morgan fingerprint density at radius 1 is 1.44 bits per heavy atom. The van der Waals surface area contributed by atoms with Gasteiger partial charge in [0.25, 0.3) is 0 Å². The van der Waals surface area contributed by atoms with Crippen LogP contribution >= 0.6 is 0 Å². The Kier molecular flexibility index (Phi) is 4.72. The standard InChI is InChI=1S/C7H18N2/c1-7(8)5-4-6-9(2)3/h7H,4-6,8H2,1-3H3/t7-/m1/s1. The predicted octanol–water partition coefficient (Wildman–Crippen LogP) is 0.675. The zero-order chi connectivity index (χ0) is 7.28. The second-order valence-electron chi connectivity index (χ2n) is 2.92. The molecule has 56 valence electrons. The maximum absolute atomic E-state index is 5.56. The van der Waals surface area contributed by atoms with Crippen molar-refractivity contribution in [2.45, 2.75) is 25.8 Å². The van der Waals surface area contributed by atoms with Crippen molar-refractivity contribution in [3.05, 3.63) is 0 Å². The molecule has 0 unspecified atom stereocenters. The number of rotatable bonds is 4. The summed E-state index contributed by atoms with van der Waals surface area (Å²) in [5.74, 6) is 0. The number of hydrogen-bond donors (Lipinski definition) is 1. The van der Waals surface area contributed by atoms with Crippen molar-refractivity contribution in [2.75, 3.05) is 20.6 Å². The fourth-order valence-corrected chi connectivity index (χ4v) is 0.729. The zero-order valence-corrected chi connectivity index (χ0v) is 6.72. The van der Waals surface area contributed by atoms with Gasteiger partial charge in [0.2, 0.25) is 0 Å². The van der Waals surface area contributed by atoms with Crippen LogP contribution in [0.2, 0.25) is 0 Å². The summed E-state index contributed by atoms with van der Waals surface area (Å²) in [6.45, 7) is 3.21. The molecule has 0 aromatic heterocycles. The molecule has 0 bridgehead atoms. The molecule has 0 rings (SSSR count). The molecule has 2 nitrogen and oxygen atoms in total. The maximum atomic E-state index is 5.56. The fraction of sp³-hybridized carbons (Fsp3) is 1.00. The van der Waals surface area contributed by atoms with Crippen molar-refractivity contribution in [1.29, 1.82) is 0 Å². The van der Waals surface area contributed by atoms with Crippen molar-refractivity contribution in [3.63, 3.8) is 0 Å². The van der Waals surface area contributed by atoms with E-state index in [1.807, 2.05) is 0 Å². The van der Waals surface area contributed by atoms with E-state index in [1.54, 1.807) is 0 Å². The van der Waals surface area contributed by atoms with Crippen LogP contribution in [0.1, 0.15) is 19.8 Å². The van der Waals surface area contributed by atoms with Gasteiger partial charge < -0.3 is 10.6 Å². The summed E-state index contributed by atoms with van der Waals surface area (Å²) in [6.07, 6.45) is 2.35. The summed E-state index contributed by atoms with van der Waals surface area (Å²) < 4.78 is 0. The van der Waals surface area contributed by atoms with Crippen LogP contribution in [0.15, 0.2) is 0 Å². The monoisotopic (exact) mass is 130 g/mol. The highest BCUT2D eigenvalue weighted by atomic mass is 15.0. The van der Waals surface area contributed by atoms with Crippen molar-refractivity contribution < 1.29 is 0 Å². The van der Waals surface area contributed by atoms with E-state index >= 15 is 0 Å². The second-order valence-corrected chi connectivity index (χ2v) is 2.92. The molecule has 0 amide bonds. The first kappa shape index (κ1) is 8.92. The predicted molar refractivity (Wildman–Crippen MR) is 41.4 cm³/mol. The minimum absolute atomic E-state index is 0.366. The molecule has 0 heterocycles. The van der Waals surface area contributed by atoms with Crippen LogP contribution in [-0.2, 0) is 0 Å². The van der Waals surface area contributed by atoms with Gasteiger partial charge in [-0.15, -0.1) is 0 Å². The quantitative estimate of drug-likeness (QED) is 0.606. The smallest absolute Gasteiger partial charge is 0.00109 e. The topological polar surface area (TPSA) is 29.3 Å². The minimum Gasteiger partial charge on any atom is -0.328 e. The minimum atomic E-state index is 0.366. The van der Waals surface area contributed by atoms with Crippen LogP contribution < -0.4 is 5.73 Å². The Balaban J connectivity index is 2.91. The van der Waals surface area contributed by atoms with Crippen LogP contribution in [0.4, 0.5) is 0 Å². The van der Waals surface area contributed by atoms with Crippen LogP contribution in [0.3, 0.4) is 0 Å². The third kappa shape index (κ3) is 7.92. The molecule has 2 heteroatoms. The second kappa shape index (κ2) is 4.77. The third-order valence-electron chi connectivity index (χ3n) is 1.26. The molecule has 0 aliphatic rings. The van der Waals surface area contributed by atoms with Gasteiger partial charge in [-0.2, -0.15) is 0 Å². The van der Waals surface area contributed by atoms with E-state index in [9.17, 15) is 0 Å². The lowest BCUT2D eigenvalue weighted by Crippen LogP contribution is -2.19. The number of nitrogens with zero attached hydrogens (tertiary/aromatic N) is 1. The molecule has 0 fully saturated rings. The van der Waals surface area contributed by atoms with E-state index in [0.29, 0.717) is 6.04 Å². The molecule has 2 N–H and O–H groups in total. The average Bonchev–Trinajstić information content (AvgIpc) is 1.63. The fourth-order valence-electron chi connectivity index (χ4n) is 0.729. The van der Waals surface area contributed by atoms with Gasteiger partial charge in [-0.3, -0.25) is 0 Å². The molecular weight excluding hydrogens is 112 g/mol. The highest BCUT2D eigenvalue weighted by Crippen LogP contribution is 1.93. The first-order valence-electron chi connectivity index (χ1n) is 3.53. The Labute approximate surface area is 58.0 Å². The van der Waals surface area contributed by atoms with Gasteiger partial charge in [0.05, 0.1) is 0 Å². The molecule has 9 heavy (non-hydrogen) atoms. The van der Waals surface area contributed by atoms with Crippen molar-refractivity contribution in [1.82, 2.24) is 4.90 Å². The molecule has 0 saturated heterocycles. The molecule has 0 spiro atoms. The van der Waals surface area contributed by atoms with Crippen LogP contribution in [-0.4, -0.2) is 31.6 Å². The van der Waals surface area contributed by atoms with E-state index < -0.39 is 0 Å². The Morgan fingerprint density at radius 3 is 2.33 bits per heavy atom. The zero-order valence-electron chi connectivity index (χ0n) is 6.72. The lowest BCUT2D eigenvalue weighted by molar-refractivity contribution is 0.387. The first-order chi connectivity index (χ1) is 4.13. The van der Waals surface area contributed by atoms with Crippen LogP contribution in [0, 0.1) is 0 Å². The van der Waals surface area contributed by atoms with Gasteiger partial charge in [-0.1, -0.05) is 0 Å². The van der Waals surface area contributed by atoms with Gasteiger partial charge in [-0.05, 0) is 40.4 Å². The Bertz CT molecular complexity index is 51.9. The normalized spacial score (nSPS) is 14.3. The SMILES string of the molecule is C[C@@H](N)CCCN(C)C. The van der Waals surface area contributed by atoms with Crippen molar-refractivity contribution in [3.8, 4) is 0 Å². The molecule has 0 aromatic rings. The van der Waals surface area contributed by atoms with Crippen LogP contribution in [0.25, 0.3) is 0 Å². The lowest BCUT2D eigenvalue weighted by Gasteiger charge is -2.09. The number of hydrogen-bond acceptors (Lipinski definition) is 2. The van der Waals surface area contributed by atoms with Gasteiger partial charge in [0.1, 0.15) is 0 Å². The summed E-state index contributed by atoms with van der Waals surface area (Å²) >= 11 is 0. The van der Waals surface area contributed by atoms with E-state index in [1.165, 1.54) is 6.42 Å². The first-order valence-corrected chi connectivity index (χ1v) is 3.53. The van der Waals surface area contributed by atoms with Crippen molar-refractivity contribution >= 4 is 0 Å². The summed E-state index contributed by atoms with van der Waals surface area (Å²) in [6, 6.07) is 0.366. The van der Waals surface area contributed by atoms with Crippen molar-refractivity contribution in [2.24, 2.45) is 5.73 Å². The Hall–Kier alpha value is -0.0800. The third-order valence-corrected chi connectivity index (χ3v) is 1.26. The van der Waals surface area contributed by atoms with Gasteiger partial charge in [0, 0.05) is 6.04 Å². The molecule has 0 aliphatic carbocycles.